The van der Waals surface area contributed by atoms with Gasteiger partial charge in [0.2, 0.25) is 0 Å². The van der Waals surface area contributed by atoms with Gasteiger partial charge in [0, 0.05) is 39.3 Å². The molecule has 0 saturated carbocycles. The third kappa shape index (κ3) is 6.43. The van der Waals surface area contributed by atoms with E-state index in [-0.39, 0.29) is 0 Å². The lowest BCUT2D eigenvalue weighted by Gasteiger charge is -2.37. The number of hydrogen-bond acceptors (Lipinski definition) is 4. The second kappa shape index (κ2) is 11.5. The highest BCUT2D eigenvalue weighted by molar-refractivity contribution is 5.79. The predicted molar refractivity (Wildman–Crippen MR) is 120 cm³/mol. The molecule has 2 N–H and O–H groups in total. The molecule has 1 aromatic rings. The van der Waals surface area contributed by atoms with Crippen LogP contribution in [0.5, 0.6) is 0 Å². The third-order valence-corrected chi connectivity index (χ3v) is 6.22. The lowest BCUT2D eigenvalue weighted by atomic mass is 10.0. The van der Waals surface area contributed by atoms with Gasteiger partial charge in [0.15, 0.2) is 5.96 Å². The van der Waals surface area contributed by atoms with Crippen molar-refractivity contribution in [3.8, 4) is 0 Å². The zero-order chi connectivity index (χ0) is 20.5. The maximum atomic E-state index is 5.53. The van der Waals surface area contributed by atoms with Crippen LogP contribution >= 0.6 is 0 Å². The number of nitrogens with zero attached hydrogens (tertiary/aromatic N) is 3. The largest absolute Gasteiger partial charge is 0.379 e. The van der Waals surface area contributed by atoms with E-state index in [9.17, 15) is 0 Å². The number of guanidine groups is 1. The predicted octanol–water partition coefficient (Wildman–Crippen LogP) is 2.35. The number of aliphatic imine (C=N–C) groups is 1. The van der Waals surface area contributed by atoms with Crippen LogP contribution in [0.4, 0.5) is 0 Å². The van der Waals surface area contributed by atoms with E-state index >= 15 is 0 Å². The zero-order valence-electron chi connectivity index (χ0n) is 18.4. The monoisotopic (exact) mass is 401 g/mol. The number of benzene rings is 1. The van der Waals surface area contributed by atoms with Gasteiger partial charge in [-0.1, -0.05) is 44.2 Å². The Bertz CT molecular complexity index is 609. The molecule has 0 aliphatic carbocycles. The highest BCUT2D eigenvalue weighted by atomic mass is 16.5. The molecule has 2 heterocycles. The summed E-state index contributed by atoms with van der Waals surface area (Å²) in [5.41, 5.74) is 1.38. The summed E-state index contributed by atoms with van der Waals surface area (Å²) in [5.74, 6) is 1.48. The first-order valence-electron chi connectivity index (χ1n) is 11.2. The van der Waals surface area contributed by atoms with Gasteiger partial charge in [-0.15, -0.1) is 0 Å². The number of rotatable bonds is 8. The van der Waals surface area contributed by atoms with E-state index < -0.39 is 0 Å². The van der Waals surface area contributed by atoms with Crippen LogP contribution in [0.25, 0.3) is 0 Å². The van der Waals surface area contributed by atoms with Crippen LogP contribution < -0.4 is 10.6 Å². The molecule has 2 saturated heterocycles. The third-order valence-electron chi connectivity index (χ3n) is 6.22. The molecule has 6 heteroatoms. The highest BCUT2D eigenvalue weighted by Crippen LogP contribution is 2.24. The fourth-order valence-electron chi connectivity index (χ4n) is 4.50. The van der Waals surface area contributed by atoms with Gasteiger partial charge in [-0.25, -0.2) is 0 Å². The second-order valence-corrected chi connectivity index (χ2v) is 8.46. The van der Waals surface area contributed by atoms with Gasteiger partial charge >= 0.3 is 0 Å². The standard InChI is InChI=1S/C23H39N5O/c1-19(2)21(28-13-15-29-16-14-28)17-25-23(24-3)26-18-22(27-11-7-8-12-27)20-9-5-4-6-10-20/h4-6,9-10,19,21-22H,7-8,11-18H2,1-3H3,(H2,24,25,26). The lowest BCUT2D eigenvalue weighted by Crippen LogP contribution is -2.53. The molecule has 29 heavy (non-hydrogen) atoms. The van der Waals surface area contributed by atoms with Crippen molar-refractivity contribution in [2.24, 2.45) is 10.9 Å². The van der Waals surface area contributed by atoms with Crippen LogP contribution in [0, 0.1) is 5.92 Å². The first kappa shape index (κ1) is 22.1. The molecular formula is C23H39N5O. The summed E-state index contributed by atoms with van der Waals surface area (Å²) in [7, 11) is 1.86. The van der Waals surface area contributed by atoms with Gasteiger partial charge in [0.05, 0.1) is 19.3 Å². The Labute approximate surface area is 176 Å². The SMILES string of the molecule is CN=C(NCC(c1ccccc1)N1CCCC1)NCC(C(C)C)N1CCOCC1. The summed E-state index contributed by atoms with van der Waals surface area (Å²) >= 11 is 0. The van der Waals surface area contributed by atoms with Crippen LogP contribution in [0.15, 0.2) is 35.3 Å². The molecule has 0 radical (unpaired) electrons. The van der Waals surface area contributed by atoms with Crippen LogP contribution in [-0.2, 0) is 4.74 Å². The Kier molecular flexibility index (Phi) is 8.77. The van der Waals surface area contributed by atoms with Crippen LogP contribution in [0.1, 0.15) is 38.3 Å². The van der Waals surface area contributed by atoms with Crippen molar-refractivity contribution in [1.82, 2.24) is 20.4 Å². The molecule has 2 aliphatic heterocycles. The Hall–Kier alpha value is -1.63. The molecule has 2 fully saturated rings. The minimum Gasteiger partial charge on any atom is -0.379 e. The normalized spacial score (nSPS) is 21.3. The molecular weight excluding hydrogens is 362 g/mol. The molecule has 0 aromatic heterocycles. The number of ether oxygens (including phenoxy) is 1. The van der Waals surface area contributed by atoms with E-state index in [0.717, 1.165) is 45.4 Å². The smallest absolute Gasteiger partial charge is 0.191 e. The fourth-order valence-corrected chi connectivity index (χ4v) is 4.50. The van der Waals surface area contributed by atoms with E-state index in [4.69, 9.17) is 4.74 Å². The van der Waals surface area contributed by atoms with Gasteiger partial charge in [-0.2, -0.15) is 0 Å². The minimum absolute atomic E-state index is 0.386. The summed E-state index contributed by atoms with van der Waals surface area (Å²) in [6.07, 6.45) is 2.60. The van der Waals surface area contributed by atoms with E-state index in [0.29, 0.717) is 18.0 Å². The van der Waals surface area contributed by atoms with Crippen molar-refractivity contribution in [2.75, 3.05) is 59.5 Å². The minimum atomic E-state index is 0.386. The van der Waals surface area contributed by atoms with E-state index in [1.165, 1.54) is 31.5 Å². The average Bonchev–Trinajstić information content (AvgIpc) is 3.28. The van der Waals surface area contributed by atoms with Crippen molar-refractivity contribution in [1.29, 1.82) is 0 Å². The molecule has 6 nitrogen and oxygen atoms in total. The number of hydrogen-bond donors (Lipinski definition) is 2. The number of morpholine rings is 1. The summed E-state index contributed by atoms with van der Waals surface area (Å²) in [4.78, 5) is 9.63. The highest BCUT2D eigenvalue weighted by Gasteiger charge is 2.25. The van der Waals surface area contributed by atoms with Crippen LogP contribution in [-0.4, -0.2) is 81.3 Å². The first-order chi connectivity index (χ1) is 14.2. The van der Waals surface area contributed by atoms with Crippen molar-refractivity contribution in [3.05, 3.63) is 35.9 Å². The molecule has 0 bridgehead atoms. The zero-order valence-corrected chi connectivity index (χ0v) is 18.4. The summed E-state index contributed by atoms with van der Waals surface area (Å²) in [5, 5.41) is 7.18. The molecule has 2 atom stereocenters. The molecule has 2 unspecified atom stereocenters. The number of likely N-dealkylation sites (tertiary alicyclic amines) is 1. The van der Waals surface area contributed by atoms with Gasteiger partial charge < -0.3 is 15.4 Å². The maximum absolute atomic E-state index is 5.53. The number of nitrogens with one attached hydrogen (secondary N) is 2. The Morgan fingerprint density at radius 3 is 2.24 bits per heavy atom. The van der Waals surface area contributed by atoms with E-state index in [1.807, 2.05) is 7.05 Å². The van der Waals surface area contributed by atoms with E-state index in [2.05, 4.69) is 69.6 Å². The average molecular weight is 402 g/mol. The van der Waals surface area contributed by atoms with Crippen molar-refractivity contribution in [3.63, 3.8) is 0 Å². The van der Waals surface area contributed by atoms with Crippen LogP contribution in [0.2, 0.25) is 0 Å². The van der Waals surface area contributed by atoms with Crippen molar-refractivity contribution >= 4 is 5.96 Å². The first-order valence-corrected chi connectivity index (χ1v) is 11.2. The topological polar surface area (TPSA) is 52.1 Å². The molecule has 1 aromatic carbocycles. The summed E-state index contributed by atoms with van der Waals surface area (Å²) < 4.78 is 5.53. The Morgan fingerprint density at radius 1 is 0.966 bits per heavy atom. The molecule has 0 spiro atoms. The molecule has 162 valence electrons. The summed E-state index contributed by atoms with van der Waals surface area (Å²) in [6, 6.07) is 11.7. The molecule has 3 rings (SSSR count). The quantitative estimate of drug-likeness (QED) is 0.517. The van der Waals surface area contributed by atoms with Gasteiger partial charge in [-0.05, 0) is 37.4 Å². The molecule has 0 amide bonds. The van der Waals surface area contributed by atoms with E-state index in [1.54, 1.807) is 0 Å². The molecule has 2 aliphatic rings. The van der Waals surface area contributed by atoms with Crippen LogP contribution in [0.3, 0.4) is 0 Å². The Morgan fingerprint density at radius 2 is 1.62 bits per heavy atom. The second-order valence-electron chi connectivity index (χ2n) is 8.46. The van der Waals surface area contributed by atoms with Crippen molar-refractivity contribution in [2.45, 2.75) is 38.8 Å². The van der Waals surface area contributed by atoms with Crippen molar-refractivity contribution < 1.29 is 4.74 Å². The maximum Gasteiger partial charge on any atom is 0.191 e. The van der Waals surface area contributed by atoms with Gasteiger partial charge in [-0.3, -0.25) is 14.8 Å². The lowest BCUT2D eigenvalue weighted by molar-refractivity contribution is 0.00752. The van der Waals surface area contributed by atoms with Gasteiger partial charge in [0.1, 0.15) is 0 Å². The fraction of sp³-hybridized carbons (Fsp3) is 0.696. The Balaban J connectivity index is 1.56. The van der Waals surface area contributed by atoms with Gasteiger partial charge in [0.25, 0.3) is 0 Å². The summed E-state index contributed by atoms with van der Waals surface area (Å²) in [6.45, 7) is 12.4.